The molecule has 1 aromatic rings. The fourth-order valence-corrected chi connectivity index (χ4v) is 2.13. The van der Waals surface area contributed by atoms with Gasteiger partial charge >= 0.3 is 0 Å². The van der Waals surface area contributed by atoms with Gasteiger partial charge in [0.2, 0.25) is 0 Å². The standard InChI is InChI=1S/C10H16NP/c1-10(2,3)12(4)9-7-5-6-8-11-9/h5-8H,1-4H3/t12-/m0/s1. The highest BCUT2D eigenvalue weighted by Gasteiger charge is 2.21. The number of nitrogens with zero attached hydrogens (tertiary/aromatic N) is 1. The van der Waals surface area contributed by atoms with Crippen LogP contribution in [0.15, 0.2) is 24.4 Å². The average molecular weight is 181 g/mol. The van der Waals surface area contributed by atoms with Crippen molar-refractivity contribution in [2.75, 3.05) is 6.66 Å². The Morgan fingerprint density at radius 1 is 1.25 bits per heavy atom. The molecule has 66 valence electrons. The van der Waals surface area contributed by atoms with Crippen LogP contribution >= 0.6 is 7.92 Å². The monoisotopic (exact) mass is 181 g/mol. The van der Waals surface area contributed by atoms with Crippen LogP contribution in [0.3, 0.4) is 0 Å². The van der Waals surface area contributed by atoms with E-state index in [0.29, 0.717) is 5.16 Å². The van der Waals surface area contributed by atoms with E-state index < -0.39 is 0 Å². The third-order valence-corrected chi connectivity index (χ3v) is 4.96. The normalized spacial score (nSPS) is 14.3. The molecule has 0 aliphatic rings. The average Bonchev–Trinajstić information content (AvgIpc) is 2.03. The van der Waals surface area contributed by atoms with Gasteiger partial charge in [-0.25, -0.2) is 0 Å². The molecule has 1 nitrogen and oxygen atoms in total. The van der Waals surface area contributed by atoms with Gasteiger partial charge in [-0.2, -0.15) is 0 Å². The van der Waals surface area contributed by atoms with Gasteiger partial charge in [-0.3, -0.25) is 4.98 Å². The van der Waals surface area contributed by atoms with Crippen molar-refractivity contribution in [1.29, 1.82) is 0 Å². The summed E-state index contributed by atoms with van der Waals surface area (Å²) in [5, 5.41) is 0.365. The number of hydrogen-bond donors (Lipinski definition) is 0. The molecule has 0 amide bonds. The molecule has 0 aliphatic heterocycles. The van der Waals surface area contributed by atoms with E-state index in [1.165, 1.54) is 5.44 Å². The van der Waals surface area contributed by atoms with E-state index >= 15 is 0 Å². The van der Waals surface area contributed by atoms with E-state index in [2.05, 4.69) is 44.6 Å². The Morgan fingerprint density at radius 3 is 2.33 bits per heavy atom. The third-order valence-electron chi connectivity index (χ3n) is 2.00. The summed E-state index contributed by atoms with van der Waals surface area (Å²) in [6.07, 6.45) is 1.87. The predicted octanol–water partition coefficient (Wildman–Crippen LogP) is 2.62. The summed E-state index contributed by atoms with van der Waals surface area (Å²) in [6.45, 7) is 9.10. The Hall–Kier alpha value is -0.420. The van der Waals surface area contributed by atoms with E-state index in [-0.39, 0.29) is 7.92 Å². The van der Waals surface area contributed by atoms with Crippen LogP contribution in [0.4, 0.5) is 0 Å². The minimum absolute atomic E-state index is 0.128. The fourth-order valence-electron chi connectivity index (χ4n) is 0.896. The van der Waals surface area contributed by atoms with Crippen molar-refractivity contribution in [3.63, 3.8) is 0 Å². The van der Waals surface area contributed by atoms with E-state index in [1.54, 1.807) is 0 Å². The van der Waals surface area contributed by atoms with Crippen molar-refractivity contribution in [2.24, 2.45) is 0 Å². The van der Waals surface area contributed by atoms with Gasteiger partial charge in [-0.1, -0.05) is 34.8 Å². The smallest absolute Gasteiger partial charge is 0.0633 e. The first-order chi connectivity index (χ1) is 5.52. The molecule has 1 heterocycles. The van der Waals surface area contributed by atoms with Crippen molar-refractivity contribution in [1.82, 2.24) is 4.98 Å². The Kier molecular flexibility index (Phi) is 2.85. The van der Waals surface area contributed by atoms with Crippen LogP contribution in [-0.4, -0.2) is 16.8 Å². The van der Waals surface area contributed by atoms with Crippen LogP contribution in [0.25, 0.3) is 0 Å². The van der Waals surface area contributed by atoms with Crippen LogP contribution in [0.1, 0.15) is 20.8 Å². The first-order valence-corrected chi connectivity index (χ1v) is 5.95. The number of hydrogen-bond acceptors (Lipinski definition) is 1. The van der Waals surface area contributed by atoms with Crippen LogP contribution in [0.2, 0.25) is 0 Å². The number of aromatic nitrogens is 1. The van der Waals surface area contributed by atoms with E-state index in [4.69, 9.17) is 0 Å². The number of pyridine rings is 1. The second-order valence-corrected chi connectivity index (χ2v) is 6.84. The van der Waals surface area contributed by atoms with Gasteiger partial charge in [-0.05, 0) is 24.0 Å². The third kappa shape index (κ3) is 2.28. The van der Waals surface area contributed by atoms with Gasteiger partial charge in [0.15, 0.2) is 0 Å². The summed E-state index contributed by atoms with van der Waals surface area (Å²) in [6, 6.07) is 6.15. The molecule has 2 heteroatoms. The molecule has 0 N–H and O–H groups in total. The highest BCUT2D eigenvalue weighted by atomic mass is 31.1. The molecule has 0 aromatic carbocycles. The zero-order chi connectivity index (χ0) is 9.19. The molecule has 1 atom stereocenters. The molecule has 1 aromatic heterocycles. The van der Waals surface area contributed by atoms with Crippen molar-refractivity contribution >= 4 is 13.4 Å². The molecule has 12 heavy (non-hydrogen) atoms. The van der Waals surface area contributed by atoms with E-state index in [1.807, 2.05) is 12.3 Å². The SMILES string of the molecule is C[P@@](c1ccccn1)C(C)(C)C. The molecule has 0 unspecified atom stereocenters. The first kappa shape index (κ1) is 9.67. The largest absolute Gasteiger partial charge is 0.257 e. The summed E-state index contributed by atoms with van der Waals surface area (Å²) in [7, 11) is -0.128. The van der Waals surface area contributed by atoms with E-state index in [9.17, 15) is 0 Å². The van der Waals surface area contributed by atoms with Crippen LogP contribution < -0.4 is 5.44 Å². The molecule has 0 radical (unpaired) electrons. The summed E-state index contributed by atoms with van der Waals surface area (Å²) < 4.78 is 0. The topological polar surface area (TPSA) is 12.9 Å². The van der Waals surface area contributed by atoms with Crippen molar-refractivity contribution in [3.05, 3.63) is 24.4 Å². The Balaban J connectivity index is 2.86. The summed E-state index contributed by atoms with van der Waals surface area (Å²) in [5.41, 5.74) is 1.25. The lowest BCUT2D eigenvalue weighted by molar-refractivity contribution is 0.790. The van der Waals surface area contributed by atoms with Crippen molar-refractivity contribution < 1.29 is 0 Å². The zero-order valence-electron chi connectivity index (χ0n) is 8.20. The van der Waals surface area contributed by atoms with Crippen molar-refractivity contribution in [2.45, 2.75) is 25.9 Å². The van der Waals surface area contributed by atoms with Crippen LogP contribution in [-0.2, 0) is 0 Å². The predicted molar refractivity (Wildman–Crippen MR) is 56.5 cm³/mol. The first-order valence-electron chi connectivity index (χ1n) is 4.16. The Bertz CT molecular complexity index is 238. The molecule has 0 bridgehead atoms. The lowest BCUT2D eigenvalue weighted by Crippen LogP contribution is -2.20. The maximum Gasteiger partial charge on any atom is 0.0633 e. The molecule has 1 rings (SSSR count). The quantitative estimate of drug-likeness (QED) is 0.607. The summed E-state index contributed by atoms with van der Waals surface area (Å²) >= 11 is 0. The fraction of sp³-hybridized carbons (Fsp3) is 0.500. The number of rotatable bonds is 1. The minimum atomic E-state index is -0.128. The minimum Gasteiger partial charge on any atom is -0.257 e. The Morgan fingerprint density at radius 2 is 1.92 bits per heavy atom. The second-order valence-electron chi connectivity index (χ2n) is 3.92. The van der Waals surface area contributed by atoms with Crippen LogP contribution in [0.5, 0.6) is 0 Å². The Labute approximate surface area is 76.0 Å². The van der Waals surface area contributed by atoms with Gasteiger partial charge in [0.25, 0.3) is 0 Å². The lowest BCUT2D eigenvalue weighted by Gasteiger charge is -2.26. The van der Waals surface area contributed by atoms with Gasteiger partial charge in [-0.15, -0.1) is 0 Å². The summed E-state index contributed by atoms with van der Waals surface area (Å²) in [4.78, 5) is 4.37. The van der Waals surface area contributed by atoms with E-state index in [0.717, 1.165) is 0 Å². The van der Waals surface area contributed by atoms with Gasteiger partial charge in [0.1, 0.15) is 0 Å². The van der Waals surface area contributed by atoms with Gasteiger partial charge < -0.3 is 0 Å². The molecule has 0 aliphatic carbocycles. The molecule has 0 saturated heterocycles. The second kappa shape index (κ2) is 3.53. The molecular weight excluding hydrogens is 165 g/mol. The molecule has 0 fully saturated rings. The maximum atomic E-state index is 4.37. The molecule has 0 saturated carbocycles. The molecular formula is C10H16NP. The lowest BCUT2D eigenvalue weighted by atomic mass is 10.3. The summed E-state index contributed by atoms with van der Waals surface area (Å²) in [5.74, 6) is 0. The molecule has 0 spiro atoms. The van der Waals surface area contributed by atoms with Gasteiger partial charge in [0.05, 0.1) is 5.44 Å². The van der Waals surface area contributed by atoms with Gasteiger partial charge in [0, 0.05) is 6.20 Å². The highest BCUT2D eigenvalue weighted by Crippen LogP contribution is 2.43. The van der Waals surface area contributed by atoms with Crippen LogP contribution in [0, 0.1) is 0 Å². The highest BCUT2D eigenvalue weighted by molar-refractivity contribution is 7.66. The maximum absolute atomic E-state index is 4.37. The zero-order valence-corrected chi connectivity index (χ0v) is 9.10. The van der Waals surface area contributed by atoms with Crippen molar-refractivity contribution in [3.8, 4) is 0 Å².